The molecule has 0 bridgehead atoms. The average Bonchev–Trinajstić information content (AvgIpc) is 3.30. The molecule has 0 saturated carbocycles. The number of amides is 1. The van der Waals surface area contributed by atoms with Crippen LogP contribution >= 0.6 is 0 Å². The maximum absolute atomic E-state index is 13.4. The van der Waals surface area contributed by atoms with Crippen molar-refractivity contribution in [2.24, 2.45) is 0 Å². The molecule has 0 aliphatic carbocycles. The van der Waals surface area contributed by atoms with Crippen molar-refractivity contribution >= 4 is 11.7 Å². The molecule has 2 aromatic heterocycles. The lowest BCUT2D eigenvalue weighted by molar-refractivity contribution is -0.117. The lowest BCUT2D eigenvalue weighted by Gasteiger charge is -2.33. The number of aromatic nitrogens is 2. The Labute approximate surface area is 192 Å². The van der Waals surface area contributed by atoms with Gasteiger partial charge in [-0.05, 0) is 50.6 Å². The fourth-order valence-corrected chi connectivity index (χ4v) is 4.18. The number of carbonyl (C=O) groups is 1. The average molecular weight is 451 g/mol. The molecule has 1 aliphatic rings. The fourth-order valence-electron chi connectivity index (χ4n) is 4.18. The van der Waals surface area contributed by atoms with E-state index in [1.165, 1.54) is 12.1 Å². The first-order valence-corrected chi connectivity index (χ1v) is 10.9. The maximum Gasteiger partial charge on any atom is 0.239 e. The highest BCUT2D eigenvalue weighted by Crippen LogP contribution is 2.30. The number of halogens is 1. The molecule has 1 fully saturated rings. The fraction of sp³-hybridized carbons (Fsp3) is 0.375. The highest BCUT2D eigenvalue weighted by Gasteiger charge is 2.23. The smallest absolute Gasteiger partial charge is 0.239 e. The Bertz CT molecular complexity index is 1180. The molecule has 1 N–H and O–H groups in total. The molecule has 172 valence electrons. The van der Waals surface area contributed by atoms with Crippen molar-refractivity contribution in [1.29, 1.82) is 5.26 Å². The zero-order valence-corrected chi connectivity index (χ0v) is 19.1. The molecule has 33 heavy (non-hydrogen) atoms. The van der Waals surface area contributed by atoms with Crippen LogP contribution < -0.4 is 5.32 Å². The summed E-state index contributed by atoms with van der Waals surface area (Å²) in [7, 11) is 0. The van der Waals surface area contributed by atoms with Gasteiger partial charge in [-0.25, -0.2) is 4.39 Å². The van der Waals surface area contributed by atoms with Crippen molar-refractivity contribution in [3.63, 3.8) is 0 Å². The summed E-state index contributed by atoms with van der Waals surface area (Å²) in [6, 6.07) is 10.1. The Kier molecular flexibility index (Phi) is 6.58. The van der Waals surface area contributed by atoms with Crippen molar-refractivity contribution < 1.29 is 13.7 Å². The first-order chi connectivity index (χ1) is 15.9. The van der Waals surface area contributed by atoms with Gasteiger partial charge < -0.3 is 9.84 Å². The molecule has 0 spiro atoms. The van der Waals surface area contributed by atoms with Gasteiger partial charge >= 0.3 is 0 Å². The molecular formula is C24H27FN6O2. The van der Waals surface area contributed by atoms with Crippen molar-refractivity contribution in [3.05, 3.63) is 64.4 Å². The highest BCUT2D eigenvalue weighted by atomic mass is 19.1. The topological polar surface area (TPSA) is 90.3 Å². The standard InChI is InChI=1S/C24H27FN6O2/c1-16-12-20(28-33-16)14-29-8-10-30(11-9-29)15-23(32)27-24-22(13-26)17(2)18(3)31(24)21-6-4-19(25)5-7-21/h4-7,12H,8-11,14-15H2,1-3H3,(H,27,32). The zero-order chi connectivity index (χ0) is 23.5. The largest absolute Gasteiger partial charge is 0.361 e. The second-order valence-electron chi connectivity index (χ2n) is 8.39. The predicted octanol–water partition coefficient (Wildman–Crippen LogP) is 3.16. The monoisotopic (exact) mass is 450 g/mol. The lowest BCUT2D eigenvalue weighted by Crippen LogP contribution is -2.48. The summed E-state index contributed by atoms with van der Waals surface area (Å²) in [5.41, 5.74) is 3.62. The van der Waals surface area contributed by atoms with Crippen LogP contribution in [0, 0.1) is 37.9 Å². The lowest BCUT2D eigenvalue weighted by atomic mass is 10.2. The third-order valence-corrected chi connectivity index (χ3v) is 6.06. The Balaban J connectivity index is 1.42. The number of piperazine rings is 1. The first kappa shape index (κ1) is 22.7. The van der Waals surface area contributed by atoms with Crippen LogP contribution in [0.25, 0.3) is 5.69 Å². The van der Waals surface area contributed by atoms with Gasteiger partial charge in [-0.1, -0.05) is 5.16 Å². The Hall–Kier alpha value is -3.48. The number of benzene rings is 1. The van der Waals surface area contributed by atoms with Crippen LogP contribution in [0.1, 0.15) is 28.3 Å². The van der Waals surface area contributed by atoms with E-state index < -0.39 is 0 Å². The molecule has 4 rings (SSSR count). The molecule has 0 atom stereocenters. The van der Waals surface area contributed by atoms with E-state index >= 15 is 0 Å². The third-order valence-electron chi connectivity index (χ3n) is 6.06. The molecule has 8 nitrogen and oxygen atoms in total. The van der Waals surface area contributed by atoms with E-state index in [2.05, 4.69) is 26.3 Å². The number of hydrogen-bond donors (Lipinski definition) is 1. The molecule has 3 heterocycles. The Morgan fingerprint density at radius 2 is 1.82 bits per heavy atom. The van der Waals surface area contributed by atoms with Crippen LogP contribution in [0.4, 0.5) is 10.2 Å². The van der Waals surface area contributed by atoms with Crippen LogP contribution in [-0.2, 0) is 11.3 Å². The first-order valence-electron chi connectivity index (χ1n) is 10.9. The minimum absolute atomic E-state index is 0.187. The highest BCUT2D eigenvalue weighted by molar-refractivity contribution is 5.93. The van der Waals surface area contributed by atoms with Crippen LogP contribution in [0.2, 0.25) is 0 Å². The summed E-state index contributed by atoms with van der Waals surface area (Å²) in [6.45, 7) is 9.73. The van der Waals surface area contributed by atoms with Gasteiger partial charge in [-0.3, -0.25) is 19.2 Å². The number of hydrogen-bond acceptors (Lipinski definition) is 6. The summed E-state index contributed by atoms with van der Waals surface area (Å²) in [6.07, 6.45) is 0. The minimum atomic E-state index is -0.343. The molecule has 1 aliphatic heterocycles. The van der Waals surface area contributed by atoms with E-state index in [1.807, 2.05) is 26.8 Å². The normalized spacial score (nSPS) is 14.9. The summed E-state index contributed by atoms with van der Waals surface area (Å²) >= 11 is 0. The molecule has 0 radical (unpaired) electrons. The van der Waals surface area contributed by atoms with E-state index in [0.29, 0.717) is 17.1 Å². The van der Waals surface area contributed by atoms with Crippen molar-refractivity contribution in [2.75, 3.05) is 38.0 Å². The number of rotatable bonds is 6. The maximum atomic E-state index is 13.4. The van der Waals surface area contributed by atoms with Gasteiger partial charge in [0.2, 0.25) is 5.91 Å². The number of aryl methyl sites for hydroxylation is 1. The molecular weight excluding hydrogens is 423 g/mol. The van der Waals surface area contributed by atoms with Gasteiger partial charge in [0.05, 0.1) is 17.8 Å². The van der Waals surface area contributed by atoms with E-state index in [4.69, 9.17) is 4.52 Å². The quantitative estimate of drug-likeness (QED) is 0.621. The summed E-state index contributed by atoms with van der Waals surface area (Å²) < 4.78 is 20.4. The molecule has 1 saturated heterocycles. The minimum Gasteiger partial charge on any atom is -0.361 e. The van der Waals surface area contributed by atoms with E-state index in [1.54, 1.807) is 16.7 Å². The van der Waals surface area contributed by atoms with Gasteiger partial charge in [-0.2, -0.15) is 5.26 Å². The third kappa shape index (κ3) is 4.97. The number of anilines is 1. The van der Waals surface area contributed by atoms with E-state index in [9.17, 15) is 14.4 Å². The van der Waals surface area contributed by atoms with Crippen molar-refractivity contribution in [1.82, 2.24) is 19.5 Å². The van der Waals surface area contributed by atoms with Gasteiger partial charge in [-0.15, -0.1) is 0 Å². The van der Waals surface area contributed by atoms with Crippen molar-refractivity contribution in [2.45, 2.75) is 27.3 Å². The van der Waals surface area contributed by atoms with Crippen LogP contribution in [0.3, 0.4) is 0 Å². The molecule has 9 heteroatoms. The Morgan fingerprint density at radius 1 is 1.15 bits per heavy atom. The summed E-state index contributed by atoms with van der Waals surface area (Å²) in [4.78, 5) is 17.3. The molecule has 1 amide bonds. The summed E-state index contributed by atoms with van der Waals surface area (Å²) in [5, 5.41) is 16.7. The van der Waals surface area contributed by atoms with Crippen LogP contribution in [-0.4, -0.2) is 58.2 Å². The number of nitrogens with one attached hydrogen (secondary N) is 1. The zero-order valence-electron chi connectivity index (χ0n) is 19.1. The van der Waals surface area contributed by atoms with Gasteiger partial charge in [0.1, 0.15) is 23.5 Å². The molecule has 1 aromatic carbocycles. The van der Waals surface area contributed by atoms with Crippen LogP contribution in [0.5, 0.6) is 0 Å². The van der Waals surface area contributed by atoms with Crippen molar-refractivity contribution in [3.8, 4) is 11.8 Å². The van der Waals surface area contributed by atoms with E-state index in [-0.39, 0.29) is 18.3 Å². The SMILES string of the molecule is Cc1cc(CN2CCN(CC(=O)Nc3c(C#N)c(C)c(C)n3-c3ccc(F)cc3)CC2)no1. The predicted molar refractivity (Wildman–Crippen MR) is 122 cm³/mol. The second kappa shape index (κ2) is 9.57. The second-order valence-corrected chi connectivity index (χ2v) is 8.39. The summed E-state index contributed by atoms with van der Waals surface area (Å²) in [5.74, 6) is 0.689. The van der Waals surface area contributed by atoms with Gasteiger partial charge in [0, 0.05) is 50.2 Å². The number of nitrogens with zero attached hydrogens (tertiary/aromatic N) is 5. The van der Waals surface area contributed by atoms with Crippen LogP contribution in [0.15, 0.2) is 34.9 Å². The van der Waals surface area contributed by atoms with Gasteiger partial charge in [0.15, 0.2) is 0 Å². The van der Waals surface area contributed by atoms with Gasteiger partial charge in [0.25, 0.3) is 0 Å². The van der Waals surface area contributed by atoms with E-state index in [0.717, 1.165) is 55.4 Å². The Morgan fingerprint density at radius 3 is 2.42 bits per heavy atom. The molecule has 3 aromatic rings. The number of nitriles is 1. The number of carbonyl (C=O) groups excluding carboxylic acids is 1. The molecule has 0 unspecified atom stereocenters.